The summed E-state index contributed by atoms with van der Waals surface area (Å²) in [6.45, 7) is 1.99. The van der Waals surface area contributed by atoms with Crippen molar-refractivity contribution in [3.63, 3.8) is 0 Å². The summed E-state index contributed by atoms with van der Waals surface area (Å²) in [6, 6.07) is 7.01. The van der Waals surface area contributed by atoms with Crippen LogP contribution in [0.1, 0.15) is 34.9 Å². The highest BCUT2D eigenvalue weighted by atomic mass is 16.5. The Hall–Kier alpha value is -3.29. The number of rotatable bonds is 7. The number of oxazole rings is 1. The molecule has 0 fully saturated rings. The summed E-state index contributed by atoms with van der Waals surface area (Å²) in [5.41, 5.74) is 1.11. The normalized spacial score (nSPS) is 11.8. The summed E-state index contributed by atoms with van der Waals surface area (Å²) in [5.74, 6) is 1.31. The van der Waals surface area contributed by atoms with E-state index in [1.807, 2.05) is 32.3 Å². The van der Waals surface area contributed by atoms with Crippen LogP contribution in [0.3, 0.4) is 0 Å². The minimum atomic E-state index is -0.322. The van der Waals surface area contributed by atoms with Gasteiger partial charge in [-0.3, -0.25) is 9.48 Å². The Labute approximate surface area is 150 Å². The van der Waals surface area contributed by atoms with E-state index in [2.05, 4.69) is 15.4 Å². The topological polar surface area (TPSA) is 91.4 Å². The summed E-state index contributed by atoms with van der Waals surface area (Å²) in [6.07, 6.45) is 4.87. The van der Waals surface area contributed by atoms with Crippen molar-refractivity contribution in [3.05, 3.63) is 60.1 Å². The Balaban J connectivity index is 1.57. The van der Waals surface area contributed by atoms with Crippen LogP contribution < -0.4 is 14.8 Å². The number of hydrogen-bond donors (Lipinski definition) is 1. The number of hydrogen-bond acceptors (Lipinski definition) is 6. The fourth-order valence-corrected chi connectivity index (χ4v) is 2.34. The van der Waals surface area contributed by atoms with Crippen molar-refractivity contribution in [2.45, 2.75) is 19.6 Å². The SMILES string of the molecule is COc1cccc(OCc2nc(C(=O)NC(C)c3cnn(C)c3)co2)c1. The van der Waals surface area contributed by atoms with Crippen LogP contribution in [-0.2, 0) is 13.7 Å². The Morgan fingerprint density at radius 1 is 1.38 bits per heavy atom. The first-order valence-corrected chi connectivity index (χ1v) is 8.06. The molecule has 1 N–H and O–H groups in total. The number of carbonyl (C=O) groups excluding carboxylic acids is 1. The lowest BCUT2D eigenvalue weighted by atomic mass is 10.2. The summed E-state index contributed by atoms with van der Waals surface area (Å²) < 4.78 is 17.7. The van der Waals surface area contributed by atoms with E-state index in [4.69, 9.17) is 13.9 Å². The van der Waals surface area contributed by atoms with Gasteiger partial charge in [-0.05, 0) is 19.1 Å². The Morgan fingerprint density at radius 3 is 2.92 bits per heavy atom. The van der Waals surface area contributed by atoms with E-state index >= 15 is 0 Å². The molecule has 0 saturated heterocycles. The standard InChI is InChI=1S/C18H20N4O4/c1-12(13-8-19-22(2)9-13)20-18(23)16-10-26-17(21-16)11-25-15-6-4-5-14(7-15)24-3/h4-10,12H,11H2,1-3H3,(H,20,23). The van der Waals surface area contributed by atoms with Gasteiger partial charge in [0, 0.05) is 24.9 Å². The molecule has 1 unspecified atom stereocenters. The Bertz CT molecular complexity index is 887. The quantitative estimate of drug-likeness (QED) is 0.699. The molecule has 2 aromatic heterocycles. The van der Waals surface area contributed by atoms with Gasteiger partial charge < -0.3 is 19.2 Å². The molecule has 3 aromatic rings. The third-order valence-electron chi connectivity index (χ3n) is 3.76. The summed E-state index contributed by atoms with van der Waals surface area (Å²) in [5, 5.41) is 6.95. The predicted molar refractivity (Wildman–Crippen MR) is 92.9 cm³/mol. The van der Waals surface area contributed by atoms with E-state index in [0.717, 1.165) is 5.56 Å². The third-order valence-corrected chi connectivity index (χ3v) is 3.76. The van der Waals surface area contributed by atoms with E-state index in [1.165, 1.54) is 6.26 Å². The summed E-state index contributed by atoms with van der Waals surface area (Å²) in [7, 11) is 3.41. The molecule has 2 heterocycles. The maximum Gasteiger partial charge on any atom is 0.273 e. The zero-order valence-electron chi connectivity index (χ0n) is 14.8. The van der Waals surface area contributed by atoms with Crippen molar-refractivity contribution in [3.8, 4) is 11.5 Å². The van der Waals surface area contributed by atoms with Gasteiger partial charge in [-0.1, -0.05) is 6.07 Å². The van der Waals surface area contributed by atoms with Crippen LogP contribution in [0.2, 0.25) is 0 Å². The first-order valence-electron chi connectivity index (χ1n) is 8.06. The highest BCUT2D eigenvalue weighted by Crippen LogP contribution is 2.20. The lowest BCUT2D eigenvalue weighted by Gasteiger charge is -2.10. The molecule has 1 atom stereocenters. The van der Waals surface area contributed by atoms with Crippen molar-refractivity contribution in [1.82, 2.24) is 20.1 Å². The summed E-state index contributed by atoms with van der Waals surface area (Å²) in [4.78, 5) is 16.5. The highest BCUT2D eigenvalue weighted by Gasteiger charge is 2.16. The van der Waals surface area contributed by atoms with Gasteiger partial charge in [0.25, 0.3) is 5.91 Å². The van der Waals surface area contributed by atoms with Gasteiger partial charge in [-0.2, -0.15) is 5.10 Å². The first kappa shape index (κ1) is 17.5. The van der Waals surface area contributed by atoms with Crippen LogP contribution in [0.25, 0.3) is 0 Å². The van der Waals surface area contributed by atoms with Gasteiger partial charge >= 0.3 is 0 Å². The number of amides is 1. The molecular weight excluding hydrogens is 336 g/mol. The fourth-order valence-electron chi connectivity index (χ4n) is 2.34. The number of benzene rings is 1. The van der Waals surface area contributed by atoms with Gasteiger partial charge in [0.15, 0.2) is 12.3 Å². The van der Waals surface area contributed by atoms with Crippen molar-refractivity contribution in [2.75, 3.05) is 7.11 Å². The molecule has 1 amide bonds. The Morgan fingerprint density at radius 2 is 2.19 bits per heavy atom. The molecule has 0 radical (unpaired) electrons. The zero-order valence-corrected chi connectivity index (χ0v) is 14.8. The molecule has 0 saturated carbocycles. The van der Waals surface area contributed by atoms with Gasteiger partial charge in [-0.25, -0.2) is 4.98 Å². The van der Waals surface area contributed by atoms with Crippen LogP contribution in [-0.4, -0.2) is 27.8 Å². The molecule has 0 aliphatic rings. The van der Waals surface area contributed by atoms with E-state index in [0.29, 0.717) is 17.4 Å². The van der Waals surface area contributed by atoms with Crippen LogP contribution in [0, 0.1) is 0 Å². The average Bonchev–Trinajstić information content (AvgIpc) is 3.29. The molecular formula is C18H20N4O4. The second kappa shape index (κ2) is 7.73. The number of methoxy groups -OCH3 is 1. The molecule has 1 aromatic carbocycles. The molecule has 0 bridgehead atoms. The Kier molecular flexibility index (Phi) is 5.21. The zero-order chi connectivity index (χ0) is 18.5. The van der Waals surface area contributed by atoms with Crippen LogP contribution in [0.15, 0.2) is 47.3 Å². The molecule has 8 heteroatoms. The van der Waals surface area contributed by atoms with Gasteiger partial charge in [0.2, 0.25) is 5.89 Å². The highest BCUT2D eigenvalue weighted by molar-refractivity contribution is 5.92. The lowest BCUT2D eigenvalue weighted by Crippen LogP contribution is -2.26. The van der Waals surface area contributed by atoms with Gasteiger partial charge in [0.05, 0.1) is 19.3 Å². The second-order valence-corrected chi connectivity index (χ2v) is 5.74. The number of carbonyl (C=O) groups is 1. The van der Waals surface area contributed by atoms with Crippen LogP contribution in [0.4, 0.5) is 0 Å². The number of nitrogens with zero attached hydrogens (tertiary/aromatic N) is 3. The largest absolute Gasteiger partial charge is 0.497 e. The maximum absolute atomic E-state index is 12.3. The third kappa shape index (κ3) is 4.21. The molecule has 26 heavy (non-hydrogen) atoms. The van der Waals surface area contributed by atoms with Crippen LogP contribution >= 0.6 is 0 Å². The van der Waals surface area contributed by atoms with Crippen LogP contribution in [0.5, 0.6) is 11.5 Å². The van der Waals surface area contributed by atoms with E-state index in [9.17, 15) is 4.79 Å². The number of nitrogens with one attached hydrogen (secondary N) is 1. The fraction of sp³-hybridized carbons (Fsp3) is 0.278. The van der Waals surface area contributed by atoms with E-state index in [-0.39, 0.29) is 24.2 Å². The molecule has 0 aliphatic heterocycles. The number of aryl methyl sites for hydroxylation is 1. The second-order valence-electron chi connectivity index (χ2n) is 5.74. The molecule has 0 aliphatic carbocycles. The number of aromatic nitrogens is 3. The molecule has 3 rings (SSSR count). The minimum Gasteiger partial charge on any atom is -0.497 e. The summed E-state index contributed by atoms with van der Waals surface area (Å²) >= 11 is 0. The average molecular weight is 356 g/mol. The maximum atomic E-state index is 12.3. The lowest BCUT2D eigenvalue weighted by molar-refractivity contribution is 0.0934. The van der Waals surface area contributed by atoms with Gasteiger partial charge in [0.1, 0.15) is 17.8 Å². The number of ether oxygens (including phenoxy) is 2. The molecule has 0 spiro atoms. The predicted octanol–water partition coefficient (Wildman–Crippen LogP) is 2.49. The van der Waals surface area contributed by atoms with E-state index in [1.54, 1.807) is 30.1 Å². The monoisotopic (exact) mass is 356 g/mol. The minimum absolute atomic E-state index is 0.110. The van der Waals surface area contributed by atoms with Crippen molar-refractivity contribution >= 4 is 5.91 Å². The van der Waals surface area contributed by atoms with Crippen molar-refractivity contribution < 1.29 is 18.7 Å². The molecule has 8 nitrogen and oxygen atoms in total. The van der Waals surface area contributed by atoms with E-state index < -0.39 is 0 Å². The van der Waals surface area contributed by atoms with Crippen molar-refractivity contribution in [2.24, 2.45) is 7.05 Å². The molecule has 136 valence electrons. The smallest absolute Gasteiger partial charge is 0.273 e. The van der Waals surface area contributed by atoms with Gasteiger partial charge in [-0.15, -0.1) is 0 Å². The first-order chi connectivity index (χ1) is 12.5. The van der Waals surface area contributed by atoms with Crippen molar-refractivity contribution in [1.29, 1.82) is 0 Å².